The Balaban J connectivity index is 1.98. The molecule has 25 heavy (non-hydrogen) atoms. The smallest absolute Gasteiger partial charge is 0.225 e. The van der Waals surface area contributed by atoms with Gasteiger partial charge in [-0.05, 0) is 25.1 Å². The highest BCUT2D eigenvalue weighted by Crippen LogP contribution is 2.25. The minimum Gasteiger partial charge on any atom is -0.225 e. The standard InChI is InChI=1S/C17H16FN3O2S2/c1-13(15-9-5-6-10-16(15)18)20-21(17-11-24-12-19-17)25(22,23)14-7-3-2-4-8-14/h2-13,20H,1H3. The van der Waals surface area contributed by atoms with E-state index < -0.39 is 21.9 Å². The summed E-state index contributed by atoms with van der Waals surface area (Å²) in [5.41, 5.74) is 4.77. The van der Waals surface area contributed by atoms with Crippen molar-refractivity contribution < 1.29 is 12.8 Å². The van der Waals surface area contributed by atoms with Crippen molar-refractivity contribution in [3.63, 3.8) is 0 Å². The molecule has 130 valence electrons. The summed E-state index contributed by atoms with van der Waals surface area (Å²) >= 11 is 1.27. The molecule has 1 atom stereocenters. The summed E-state index contributed by atoms with van der Waals surface area (Å²) in [4.78, 5) is 4.21. The van der Waals surface area contributed by atoms with Crippen molar-refractivity contribution in [3.05, 3.63) is 76.9 Å². The summed E-state index contributed by atoms with van der Waals surface area (Å²) in [5.74, 6) is -0.171. The van der Waals surface area contributed by atoms with Gasteiger partial charge in [-0.25, -0.2) is 14.8 Å². The Labute approximate surface area is 149 Å². The Hall–Kier alpha value is -2.29. The zero-order valence-electron chi connectivity index (χ0n) is 13.3. The molecule has 0 radical (unpaired) electrons. The van der Waals surface area contributed by atoms with Crippen molar-refractivity contribution in [2.75, 3.05) is 4.41 Å². The van der Waals surface area contributed by atoms with E-state index in [1.165, 1.54) is 35.0 Å². The molecule has 0 saturated heterocycles. The predicted molar refractivity (Wildman–Crippen MR) is 96.2 cm³/mol. The van der Waals surface area contributed by atoms with Gasteiger partial charge in [-0.3, -0.25) is 0 Å². The molecule has 0 bridgehead atoms. The zero-order valence-corrected chi connectivity index (χ0v) is 15.0. The van der Waals surface area contributed by atoms with E-state index in [-0.39, 0.29) is 10.7 Å². The third-order valence-electron chi connectivity index (χ3n) is 3.59. The van der Waals surface area contributed by atoms with Crippen LogP contribution in [0.4, 0.5) is 10.2 Å². The van der Waals surface area contributed by atoms with Crippen molar-refractivity contribution in [2.24, 2.45) is 0 Å². The fourth-order valence-electron chi connectivity index (χ4n) is 2.33. The average molecular weight is 377 g/mol. The van der Waals surface area contributed by atoms with Crippen LogP contribution in [0, 0.1) is 5.82 Å². The second-order valence-corrected chi connectivity index (χ2v) is 7.81. The third kappa shape index (κ3) is 3.71. The highest BCUT2D eigenvalue weighted by molar-refractivity contribution is 7.92. The normalized spacial score (nSPS) is 12.7. The number of aromatic nitrogens is 1. The Kier molecular flexibility index (Phi) is 5.12. The molecule has 0 aliphatic rings. The van der Waals surface area contributed by atoms with Crippen LogP contribution in [0.2, 0.25) is 0 Å². The molecule has 3 aromatic rings. The Bertz CT molecular complexity index is 932. The lowest BCUT2D eigenvalue weighted by molar-refractivity contribution is 0.523. The number of nitrogens with zero attached hydrogens (tertiary/aromatic N) is 2. The van der Waals surface area contributed by atoms with Crippen LogP contribution in [0.1, 0.15) is 18.5 Å². The summed E-state index contributed by atoms with van der Waals surface area (Å²) in [5, 5.41) is 1.61. The number of hydrogen-bond acceptors (Lipinski definition) is 5. The highest BCUT2D eigenvalue weighted by Gasteiger charge is 2.28. The maximum Gasteiger partial charge on any atom is 0.279 e. The summed E-state index contributed by atoms with van der Waals surface area (Å²) in [7, 11) is -3.90. The summed E-state index contributed by atoms with van der Waals surface area (Å²) in [6, 6.07) is 13.7. The van der Waals surface area contributed by atoms with E-state index in [0.717, 1.165) is 4.41 Å². The summed E-state index contributed by atoms with van der Waals surface area (Å²) < 4.78 is 41.1. The van der Waals surface area contributed by atoms with Gasteiger partial charge in [0.15, 0.2) is 5.82 Å². The van der Waals surface area contributed by atoms with Crippen molar-refractivity contribution in [1.82, 2.24) is 10.4 Å². The number of hydrazine groups is 1. The topological polar surface area (TPSA) is 62.3 Å². The van der Waals surface area contributed by atoms with Crippen molar-refractivity contribution in [2.45, 2.75) is 17.9 Å². The van der Waals surface area contributed by atoms with Gasteiger partial charge >= 0.3 is 0 Å². The number of hydrogen-bond donors (Lipinski definition) is 1. The first-order valence-electron chi connectivity index (χ1n) is 7.49. The second-order valence-electron chi connectivity index (χ2n) is 5.30. The number of sulfonamides is 1. The molecule has 0 amide bonds. The average Bonchev–Trinajstić information content (AvgIpc) is 3.14. The molecule has 1 N–H and O–H groups in total. The van der Waals surface area contributed by atoms with Gasteiger partial charge in [0.05, 0.1) is 16.4 Å². The van der Waals surface area contributed by atoms with Crippen molar-refractivity contribution in [3.8, 4) is 0 Å². The minimum absolute atomic E-state index is 0.122. The molecular weight excluding hydrogens is 361 g/mol. The molecule has 1 aromatic heterocycles. The number of benzene rings is 2. The van der Waals surface area contributed by atoms with E-state index in [0.29, 0.717) is 5.56 Å². The van der Waals surface area contributed by atoms with Crippen LogP contribution in [-0.2, 0) is 10.0 Å². The second kappa shape index (κ2) is 7.30. The maximum absolute atomic E-state index is 14.0. The molecule has 0 fully saturated rings. The van der Waals surface area contributed by atoms with Crippen molar-refractivity contribution in [1.29, 1.82) is 0 Å². The van der Waals surface area contributed by atoms with Crippen LogP contribution < -0.4 is 9.84 Å². The fourth-order valence-corrected chi connectivity index (χ4v) is 4.27. The van der Waals surface area contributed by atoms with E-state index in [2.05, 4.69) is 10.4 Å². The molecule has 2 aromatic carbocycles. The molecule has 1 heterocycles. The minimum atomic E-state index is -3.90. The predicted octanol–water partition coefficient (Wildman–Crippen LogP) is 3.74. The first kappa shape index (κ1) is 17.5. The van der Waals surface area contributed by atoms with E-state index in [4.69, 9.17) is 0 Å². The Morgan fingerprint density at radius 3 is 2.44 bits per heavy atom. The van der Waals surface area contributed by atoms with E-state index in [1.54, 1.807) is 48.7 Å². The first-order valence-corrected chi connectivity index (χ1v) is 9.87. The summed E-state index contributed by atoms with van der Waals surface area (Å²) in [6.45, 7) is 1.69. The quantitative estimate of drug-likeness (QED) is 0.665. The monoisotopic (exact) mass is 377 g/mol. The number of rotatable bonds is 6. The van der Waals surface area contributed by atoms with Gasteiger partial charge in [0.1, 0.15) is 5.82 Å². The van der Waals surface area contributed by atoms with E-state index in [1.807, 2.05) is 0 Å². The van der Waals surface area contributed by atoms with Gasteiger partial charge in [0.2, 0.25) is 0 Å². The number of anilines is 1. The van der Waals surface area contributed by atoms with Crippen molar-refractivity contribution >= 4 is 27.2 Å². The molecule has 1 unspecified atom stereocenters. The largest absolute Gasteiger partial charge is 0.279 e. The molecule has 0 spiro atoms. The lowest BCUT2D eigenvalue weighted by Gasteiger charge is -2.27. The van der Waals surface area contributed by atoms with Gasteiger partial charge < -0.3 is 0 Å². The van der Waals surface area contributed by atoms with Gasteiger partial charge in [-0.15, -0.1) is 11.3 Å². The maximum atomic E-state index is 14.0. The van der Waals surface area contributed by atoms with E-state index >= 15 is 0 Å². The van der Waals surface area contributed by atoms with Gasteiger partial charge in [0.25, 0.3) is 10.0 Å². The molecule has 3 rings (SSSR count). The van der Waals surface area contributed by atoms with E-state index in [9.17, 15) is 12.8 Å². The first-order chi connectivity index (χ1) is 12.0. The molecule has 5 nitrogen and oxygen atoms in total. The Morgan fingerprint density at radius 2 is 1.80 bits per heavy atom. The lowest BCUT2D eigenvalue weighted by Crippen LogP contribution is -2.44. The molecule has 0 saturated carbocycles. The lowest BCUT2D eigenvalue weighted by atomic mass is 10.1. The van der Waals surface area contributed by atoms with Crippen LogP contribution in [0.15, 0.2) is 70.4 Å². The van der Waals surface area contributed by atoms with Crippen LogP contribution in [-0.4, -0.2) is 13.4 Å². The zero-order chi connectivity index (χ0) is 17.9. The van der Waals surface area contributed by atoms with Gasteiger partial charge in [-0.1, -0.05) is 36.4 Å². The third-order valence-corrected chi connectivity index (χ3v) is 5.81. The molecule has 0 aliphatic heterocycles. The number of halogens is 1. The molecule has 8 heteroatoms. The van der Waals surface area contributed by atoms with Crippen LogP contribution in [0.25, 0.3) is 0 Å². The van der Waals surface area contributed by atoms with Crippen LogP contribution >= 0.6 is 11.3 Å². The summed E-state index contributed by atoms with van der Waals surface area (Å²) in [6.07, 6.45) is 0. The fraction of sp³-hybridized carbons (Fsp3) is 0.118. The van der Waals surface area contributed by atoms with Gasteiger partial charge in [0, 0.05) is 10.9 Å². The number of thiazole rings is 1. The molecule has 0 aliphatic carbocycles. The Morgan fingerprint density at radius 1 is 1.12 bits per heavy atom. The van der Waals surface area contributed by atoms with Crippen LogP contribution in [0.5, 0.6) is 0 Å². The van der Waals surface area contributed by atoms with Gasteiger partial charge in [-0.2, -0.15) is 12.8 Å². The number of nitrogens with one attached hydrogen (secondary N) is 1. The molecular formula is C17H16FN3O2S2. The SMILES string of the molecule is CC(NN(c1cscn1)S(=O)(=O)c1ccccc1)c1ccccc1F. The highest BCUT2D eigenvalue weighted by atomic mass is 32.2. The van der Waals surface area contributed by atoms with Crippen LogP contribution in [0.3, 0.4) is 0 Å².